The molecule has 1 aliphatic heterocycles. The van der Waals surface area contributed by atoms with Crippen molar-refractivity contribution in [2.45, 2.75) is 25.7 Å². The summed E-state index contributed by atoms with van der Waals surface area (Å²) in [7, 11) is 0. The molecule has 0 bridgehead atoms. The lowest BCUT2D eigenvalue weighted by Crippen LogP contribution is -2.28. The van der Waals surface area contributed by atoms with Gasteiger partial charge in [-0.3, -0.25) is 4.79 Å². The molecule has 0 spiro atoms. The van der Waals surface area contributed by atoms with Crippen LogP contribution in [-0.2, 0) is 0 Å². The van der Waals surface area contributed by atoms with Gasteiger partial charge in [0.05, 0.1) is 6.20 Å². The van der Waals surface area contributed by atoms with E-state index < -0.39 is 0 Å². The van der Waals surface area contributed by atoms with E-state index in [0.717, 1.165) is 44.6 Å². The third kappa shape index (κ3) is 3.19. The summed E-state index contributed by atoms with van der Waals surface area (Å²) >= 11 is 0. The standard InChI is InChI=1S/C17H21N7O/c18-13(11-3-4-11)9-14(19)21-17(25)12-10-20-24-8-5-15(22-16(12)24)23-6-1-2-7-23/h5,8-11,18H,1-4,6-7,19H2,(H,21,25)/b14-9+,18-13?. The number of carbonyl (C=O) groups is 1. The predicted molar refractivity (Wildman–Crippen MR) is 94.6 cm³/mol. The zero-order valence-corrected chi connectivity index (χ0v) is 13.9. The summed E-state index contributed by atoms with van der Waals surface area (Å²) in [4.78, 5) is 19.3. The molecule has 130 valence electrons. The molecule has 3 heterocycles. The van der Waals surface area contributed by atoms with Gasteiger partial charge in [0, 0.05) is 30.9 Å². The van der Waals surface area contributed by atoms with E-state index in [4.69, 9.17) is 11.1 Å². The number of rotatable bonds is 5. The minimum atomic E-state index is -0.363. The molecule has 25 heavy (non-hydrogen) atoms. The molecule has 2 aromatic rings. The number of anilines is 1. The minimum Gasteiger partial charge on any atom is -0.385 e. The topological polar surface area (TPSA) is 112 Å². The summed E-state index contributed by atoms with van der Waals surface area (Å²) in [5.41, 5.74) is 7.20. The number of amides is 1. The molecule has 1 aliphatic carbocycles. The van der Waals surface area contributed by atoms with Crippen LogP contribution in [0, 0.1) is 11.3 Å². The maximum atomic E-state index is 12.5. The van der Waals surface area contributed by atoms with E-state index in [1.165, 1.54) is 12.3 Å². The maximum absolute atomic E-state index is 12.5. The second-order valence-corrected chi connectivity index (χ2v) is 6.59. The Morgan fingerprint density at radius 1 is 1.36 bits per heavy atom. The Morgan fingerprint density at radius 2 is 2.12 bits per heavy atom. The number of nitrogens with one attached hydrogen (secondary N) is 2. The SMILES string of the molecule is N=C(/C=C(\N)NC(=O)c1cnn2ccc(N3CCCC3)nc12)C1CC1. The van der Waals surface area contributed by atoms with Crippen LogP contribution < -0.4 is 16.0 Å². The molecule has 1 amide bonds. The van der Waals surface area contributed by atoms with Crippen LogP contribution in [0.4, 0.5) is 5.82 Å². The highest BCUT2D eigenvalue weighted by atomic mass is 16.1. The largest absolute Gasteiger partial charge is 0.385 e. The fourth-order valence-electron chi connectivity index (χ4n) is 3.06. The molecule has 8 heteroatoms. The number of allylic oxidation sites excluding steroid dienone is 1. The molecule has 0 aromatic carbocycles. The fourth-order valence-corrected chi connectivity index (χ4v) is 3.06. The highest BCUT2D eigenvalue weighted by Crippen LogP contribution is 2.30. The number of fused-ring (bicyclic) bond motifs is 1. The molecule has 4 rings (SSSR count). The van der Waals surface area contributed by atoms with E-state index in [-0.39, 0.29) is 17.6 Å². The summed E-state index contributed by atoms with van der Waals surface area (Å²) in [6.07, 6.45) is 9.19. The van der Waals surface area contributed by atoms with Crippen molar-refractivity contribution in [3.05, 3.63) is 35.9 Å². The predicted octanol–water partition coefficient (Wildman–Crippen LogP) is 1.29. The van der Waals surface area contributed by atoms with Crippen LogP contribution in [0.3, 0.4) is 0 Å². The van der Waals surface area contributed by atoms with E-state index in [1.54, 1.807) is 4.52 Å². The van der Waals surface area contributed by atoms with Crippen molar-refractivity contribution in [2.24, 2.45) is 11.7 Å². The van der Waals surface area contributed by atoms with Gasteiger partial charge in [0.15, 0.2) is 5.65 Å². The van der Waals surface area contributed by atoms with E-state index in [9.17, 15) is 4.79 Å². The zero-order valence-electron chi connectivity index (χ0n) is 13.9. The van der Waals surface area contributed by atoms with Crippen LogP contribution in [0.15, 0.2) is 30.4 Å². The number of aromatic nitrogens is 3. The first-order chi connectivity index (χ1) is 12.1. The van der Waals surface area contributed by atoms with Crippen molar-refractivity contribution in [3.63, 3.8) is 0 Å². The Labute approximate surface area is 145 Å². The third-order valence-corrected chi connectivity index (χ3v) is 4.62. The molecular formula is C17H21N7O. The van der Waals surface area contributed by atoms with Gasteiger partial charge >= 0.3 is 0 Å². The van der Waals surface area contributed by atoms with Crippen molar-refractivity contribution < 1.29 is 4.79 Å². The quantitative estimate of drug-likeness (QED) is 0.711. The minimum absolute atomic E-state index is 0.178. The highest BCUT2D eigenvalue weighted by molar-refractivity contribution is 6.02. The van der Waals surface area contributed by atoms with Gasteiger partial charge in [-0.05, 0) is 37.8 Å². The molecule has 1 saturated carbocycles. The van der Waals surface area contributed by atoms with Crippen LogP contribution >= 0.6 is 0 Å². The molecule has 1 saturated heterocycles. The number of carbonyl (C=O) groups excluding carboxylic acids is 1. The van der Waals surface area contributed by atoms with Crippen LogP contribution in [0.25, 0.3) is 5.65 Å². The molecule has 4 N–H and O–H groups in total. The van der Waals surface area contributed by atoms with E-state index >= 15 is 0 Å². The smallest absolute Gasteiger partial charge is 0.262 e. The van der Waals surface area contributed by atoms with Gasteiger partial charge < -0.3 is 21.4 Å². The molecule has 2 aliphatic rings. The highest BCUT2D eigenvalue weighted by Gasteiger charge is 2.25. The molecule has 8 nitrogen and oxygen atoms in total. The van der Waals surface area contributed by atoms with E-state index in [2.05, 4.69) is 20.3 Å². The Balaban J connectivity index is 1.56. The Morgan fingerprint density at radius 3 is 2.84 bits per heavy atom. The summed E-state index contributed by atoms with van der Waals surface area (Å²) in [6, 6.07) is 1.91. The van der Waals surface area contributed by atoms with Crippen molar-refractivity contribution >= 4 is 23.1 Å². The molecular weight excluding hydrogens is 318 g/mol. The van der Waals surface area contributed by atoms with Gasteiger partial charge in [-0.1, -0.05) is 0 Å². The van der Waals surface area contributed by atoms with Crippen molar-refractivity contribution in [3.8, 4) is 0 Å². The molecule has 2 fully saturated rings. The summed E-state index contributed by atoms with van der Waals surface area (Å²) in [5, 5.41) is 14.7. The molecule has 0 atom stereocenters. The van der Waals surface area contributed by atoms with Crippen LogP contribution in [0.2, 0.25) is 0 Å². The van der Waals surface area contributed by atoms with Gasteiger partial charge in [0.2, 0.25) is 0 Å². The molecule has 0 unspecified atom stereocenters. The maximum Gasteiger partial charge on any atom is 0.262 e. The average molecular weight is 339 g/mol. The Bertz CT molecular complexity index is 859. The van der Waals surface area contributed by atoms with E-state index in [1.807, 2.05) is 12.3 Å². The number of nitrogens with zero attached hydrogens (tertiary/aromatic N) is 4. The second kappa shape index (κ2) is 6.19. The van der Waals surface area contributed by atoms with Gasteiger partial charge in [-0.25, -0.2) is 9.50 Å². The number of hydrogen-bond acceptors (Lipinski definition) is 6. The summed E-state index contributed by atoms with van der Waals surface area (Å²) in [5.74, 6) is 0.964. The van der Waals surface area contributed by atoms with Gasteiger partial charge in [-0.2, -0.15) is 5.10 Å². The van der Waals surface area contributed by atoms with Gasteiger partial charge in [-0.15, -0.1) is 0 Å². The zero-order chi connectivity index (χ0) is 17.4. The second-order valence-electron chi connectivity index (χ2n) is 6.59. The third-order valence-electron chi connectivity index (χ3n) is 4.62. The first kappa shape index (κ1) is 15.6. The van der Waals surface area contributed by atoms with Crippen LogP contribution in [0.5, 0.6) is 0 Å². The van der Waals surface area contributed by atoms with Gasteiger partial charge in [0.1, 0.15) is 17.2 Å². The monoisotopic (exact) mass is 339 g/mol. The first-order valence-electron chi connectivity index (χ1n) is 8.58. The summed E-state index contributed by atoms with van der Waals surface area (Å²) in [6.45, 7) is 1.97. The van der Waals surface area contributed by atoms with Crippen LogP contribution in [0.1, 0.15) is 36.0 Å². The summed E-state index contributed by atoms with van der Waals surface area (Å²) < 4.78 is 1.58. The Kier molecular flexibility index (Phi) is 3.87. The molecule has 2 aromatic heterocycles. The fraction of sp³-hybridized carbons (Fsp3) is 0.412. The van der Waals surface area contributed by atoms with Crippen molar-refractivity contribution in [1.82, 2.24) is 19.9 Å². The van der Waals surface area contributed by atoms with Crippen molar-refractivity contribution in [2.75, 3.05) is 18.0 Å². The normalized spacial score (nSPS) is 17.9. The van der Waals surface area contributed by atoms with E-state index in [0.29, 0.717) is 16.9 Å². The lowest BCUT2D eigenvalue weighted by Gasteiger charge is -2.16. The average Bonchev–Trinajstić information content (AvgIpc) is 3.14. The lowest BCUT2D eigenvalue weighted by molar-refractivity contribution is 0.0967. The van der Waals surface area contributed by atoms with Crippen molar-refractivity contribution in [1.29, 1.82) is 5.41 Å². The Hall–Kier alpha value is -2.90. The molecule has 0 radical (unpaired) electrons. The lowest BCUT2D eigenvalue weighted by atomic mass is 10.2. The first-order valence-corrected chi connectivity index (χ1v) is 8.58. The number of hydrogen-bond donors (Lipinski definition) is 3. The van der Waals surface area contributed by atoms with Gasteiger partial charge in [0.25, 0.3) is 5.91 Å². The van der Waals surface area contributed by atoms with Crippen LogP contribution in [-0.4, -0.2) is 39.3 Å². The number of nitrogens with two attached hydrogens (primary N) is 1.